The van der Waals surface area contributed by atoms with Gasteiger partial charge >= 0.3 is 5.97 Å². The molecule has 0 aromatic carbocycles. The van der Waals surface area contributed by atoms with E-state index < -0.39 is 18.1 Å². The summed E-state index contributed by atoms with van der Waals surface area (Å²) in [5, 5.41) is 18.3. The molecule has 1 aliphatic rings. The summed E-state index contributed by atoms with van der Waals surface area (Å²) in [4.78, 5) is 12.4. The predicted molar refractivity (Wildman–Crippen MR) is 50.1 cm³/mol. The van der Waals surface area contributed by atoms with Crippen LogP contribution >= 0.6 is 0 Å². The monoisotopic (exact) mass is 203 g/mol. The van der Waals surface area contributed by atoms with Crippen LogP contribution < -0.4 is 0 Å². The third-order valence-electron chi connectivity index (χ3n) is 2.55. The zero-order chi connectivity index (χ0) is 10.7. The van der Waals surface area contributed by atoms with Crippen LogP contribution in [0.2, 0.25) is 0 Å². The molecule has 0 aromatic rings. The fraction of sp³-hybridized carbons (Fsp3) is 0.889. The van der Waals surface area contributed by atoms with E-state index in [0.29, 0.717) is 19.7 Å². The summed E-state index contributed by atoms with van der Waals surface area (Å²) in [5.74, 6) is -0.866. The number of hydrogen-bond acceptors (Lipinski definition) is 4. The summed E-state index contributed by atoms with van der Waals surface area (Å²) in [7, 11) is 0. The first-order chi connectivity index (χ1) is 6.56. The molecule has 0 spiro atoms. The Balaban J connectivity index is 2.49. The first kappa shape index (κ1) is 11.4. The molecule has 3 unspecified atom stereocenters. The third-order valence-corrected chi connectivity index (χ3v) is 2.55. The summed E-state index contributed by atoms with van der Waals surface area (Å²) in [6.45, 7) is 4.87. The number of carbonyl (C=O) groups is 1. The van der Waals surface area contributed by atoms with E-state index in [9.17, 15) is 9.90 Å². The average molecular weight is 203 g/mol. The molecule has 5 heteroatoms. The molecule has 2 N–H and O–H groups in total. The Hall–Kier alpha value is -0.650. The van der Waals surface area contributed by atoms with Crippen LogP contribution in [0.3, 0.4) is 0 Å². The van der Waals surface area contributed by atoms with Gasteiger partial charge in [-0.1, -0.05) is 0 Å². The van der Waals surface area contributed by atoms with Crippen molar-refractivity contribution in [3.8, 4) is 0 Å². The van der Waals surface area contributed by atoms with Crippen molar-refractivity contribution in [3.63, 3.8) is 0 Å². The van der Waals surface area contributed by atoms with Crippen LogP contribution in [0.15, 0.2) is 0 Å². The van der Waals surface area contributed by atoms with Crippen molar-refractivity contribution >= 4 is 5.97 Å². The number of hydrogen-bond donors (Lipinski definition) is 2. The van der Waals surface area contributed by atoms with Gasteiger partial charge in [0.25, 0.3) is 0 Å². The van der Waals surface area contributed by atoms with Gasteiger partial charge in [-0.2, -0.15) is 0 Å². The minimum absolute atomic E-state index is 0.248. The standard InChI is InChI=1S/C9H17NO4/c1-3-14-8-5-10(4-7(8)11)6(2)9(12)13/h6-8,11H,3-5H2,1-2H3,(H,12,13). The van der Waals surface area contributed by atoms with E-state index >= 15 is 0 Å². The summed E-state index contributed by atoms with van der Waals surface area (Å²) < 4.78 is 5.29. The molecule has 1 saturated heterocycles. The van der Waals surface area contributed by atoms with Crippen LogP contribution in [-0.2, 0) is 9.53 Å². The second kappa shape index (κ2) is 4.72. The van der Waals surface area contributed by atoms with Crippen LogP contribution in [0.5, 0.6) is 0 Å². The maximum atomic E-state index is 10.7. The van der Waals surface area contributed by atoms with Gasteiger partial charge in [0.05, 0.1) is 12.2 Å². The first-order valence-corrected chi connectivity index (χ1v) is 4.82. The third kappa shape index (κ3) is 2.43. The molecule has 0 aliphatic carbocycles. The highest BCUT2D eigenvalue weighted by molar-refractivity contribution is 5.72. The average Bonchev–Trinajstić information content (AvgIpc) is 2.47. The van der Waals surface area contributed by atoms with Crippen molar-refractivity contribution in [2.45, 2.75) is 32.1 Å². The Labute approximate surface area is 83.3 Å². The molecule has 1 fully saturated rings. The maximum Gasteiger partial charge on any atom is 0.320 e. The van der Waals surface area contributed by atoms with Gasteiger partial charge in [0.1, 0.15) is 6.04 Å². The lowest BCUT2D eigenvalue weighted by Crippen LogP contribution is -2.38. The van der Waals surface area contributed by atoms with Gasteiger partial charge in [-0.05, 0) is 13.8 Å². The van der Waals surface area contributed by atoms with Crippen molar-refractivity contribution in [3.05, 3.63) is 0 Å². The lowest BCUT2D eigenvalue weighted by atomic mass is 10.3. The van der Waals surface area contributed by atoms with Crippen LogP contribution in [0.4, 0.5) is 0 Å². The molecule has 0 aromatic heterocycles. The number of carboxylic acid groups (broad SMARTS) is 1. The number of carboxylic acids is 1. The van der Waals surface area contributed by atoms with Crippen molar-refractivity contribution in [2.75, 3.05) is 19.7 Å². The number of β-amino-alcohol motifs (C(OH)–C–C–N with tert-alkyl or cyclic N) is 1. The molecule has 1 aliphatic heterocycles. The van der Waals surface area contributed by atoms with Crippen molar-refractivity contribution in [1.29, 1.82) is 0 Å². The van der Waals surface area contributed by atoms with Crippen molar-refractivity contribution in [2.24, 2.45) is 0 Å². The van der Waals surface area contributed by atoms with E-state index in [1.54, 1.807) is 11.8 Å². The van der Waals surface area contributed by atoms with Crippen molar-refractivity contribution < 1.29 is 19.7 Å². The smallest absolute Gasteiger partial charge is 0.320 e. The Morgan fingerprint density at radius 1 is 1.64 bits per heavy atom. The highest BCUT2D eigenvalue weighted by Crippen LogP contribution is 2.16. The molecule has 14 heavy (non-hydrogen) atoms. The Kier molecular flexibility index (Phi) is 3.86. The highest BCUT2D eigenvalue weighted by atomic mass is 16.5. The number of aliphatic hydroxyl groups is 1. The summed E-state index contributed by atoms with van der Waals surface area (Å²) in [6.07, 6.45) is -0.821. The highest BCUT2D eigenvalue weighted by Gasteiger charge is 2.36. The molecule has 82 valence electrons. The number of likely N-dealkylation sites (tertiary alicyclic amines) is 1. The minimum Gasteiger partial charge on any atom is -0.480 e. The molecule has 1 heterocycles. The SMILES string of the molecule is CCOC1CN(C(C)C(=O)O)CC1O. The number of nitrogens with zero attached hydrogens (tertiary/aromatic N) is 1. The number of aliphatic carboxylic acids is 1. The zero-order valence-corrected chi connectivity index (χ0v) is 8.51. The van der Waals surface area contributed by atoms with Crippen molar-refractivity contribution in [1.82, 2.24) is 4.90 Å². The Bertz CT molecular complexity index is 209. The van der Waals surface area contributed by atoms with Gasteiger partial charge in [0.15, 0.2) is 0 Å². The molecule has 0 radical (unpaired) electrons. The van der Waals surface area contributed by atoms with Crippen LogP contribution in [-0.4, -0.2) is 59.0 Å². The Morgan fingerprint density at radius 3 is 2.79 bits per heavy atom. The van der Waals surface area contributed by atoms with Gasteiger partial charge in [-0.25, -0.2) is 0 Å². The molecular weight excluding hydrogens is 186 g/mol. The predicted octanol–water partition coefficient (Wildman–Crippen LogP) is -0.459. The minimum atomic E-state index is -0.866. The molecular formula is C9H17NO4. The largest absolute Gasteiger partial charge is 0.480 e. The number of aliphatic hydroxyl groups excluding tert-OH is 1. The fourth-order valence-corrected chi connectivity index (χ4v) is 1.64. The molecule has 5 nitrogen and oxygen atoms in total. The fourth-order valence-electron chi connectivity index (χ4n) is 1.64. The van der Waals surface area contributed by atoms with Gasteiger partial charge in [-0.15, -0.1) is 0 Å². The summed E-state index contributed by atoms with van der Waals surface area (Å²) in [5.41, 5.74) is 0. The van der Waals surface area contributed by atoms with Crippen LogP contribution in [0.25, 0.3) is 0 Å². The normalized spacial score (nSPS) is 30.5. The molecule has 1 rings (SSSR count). The van der Waals surface area contributed by atoms with E-state index in [-0.39, 0.29) is 6.10 Å². The molecule has 0 amide bonds. The number of ether oxygens (including phenoxy) is 1. The maximum absolute atomic E-state index is 10.7. The van der Waals surface area contributed by atoms with Crippen LogP contribution in [0.1, 0.15) is 13.8 Å². The zero-order valence-electron chi connectivity index (χ0n) is 8.51. The van der Waals surface area contributed by atoms with Gasteiger partial charge in [-0.3, -0.25) is 9.69 Å². The van der Waals surface area contributed by atoms with Gasteiger partial charge < -0.3 is 14.9 Å². The van der Waals surface area contributed by atoms with E-state index in [4.69, 9.17) is 9.84 Å². The van der Waals surface area contributed by atoms with Crippen LogP contribution in [0, 0.1) is 0 Å². The molecule has 0 saturated carbocycles. The summed E-state index contributed by atoms with van der Waals surface area (Å²) in [6, 6.07) is -0.560. The lowest BCUT2D eigenvalue weighted by Gasteiger charge is -2.19. The lowest BCUT2D eigenvalue weighted by molar-refractivity contribution is -0.142. The quantitative estimate of drug-likeness (QED) is 0.647. The topological polar surface area (TPSA) is 70.0 Å². The number of rotatable bonds is 4. The second-order valence-electron chi connectivity index (χ2n) is 3.53. The van der Waals surface area contributed by atoms with Gasteiger partial charge in [0.2, 0.25) is 0 Å². The molecule has 0 bridgehead atoms. The second-order valence-corrected chi connectivity index (χ2v) is 3.53. The summed E-state index contributed by atoms with van der Waals surface area (Å²) >= 11 is 0. The Morgan fingerprint density at radius 2 is 2.29 bits per heavy atom. The first-order valence-electron chi connectivity index (χ1n) is 4.82. The van der Waals surface area contributed by atoms with E-state index in [1.807, 2.05) is 6.92 Å². The van der Waals surface area contributed by atoms with E-state index in [1.165, 1.54) is 0 Å². The van der Waals surface area contributed by atoms with E-state index in [2.05, 4.69) is 0 Å². The molecule has 3 atom stereocenters. The van der Waals surface area contributed by atoms with Gasteiger partial charge in [0, 0.05) is 19.7 Å². The van der Waals surface area contributed by atoms with E-state index in [0.717, 1.165) is 0 Å².